The third-order valence-electron chi connectivity index (χ3n) is 1.32. The Kier molecular flexibility index (Phi) is 7.59. The third-order valence-corrected chi connectivity index (χ3v) is 1.32. The summed E-state index contributed by atoms with van der Waals surface area (Å²) in [6.07, 6.45) is 2.30. The summed E-state index contributed by atoms with van der Waals surface area (Å²) in [7, 11) is 0. The van der Waals surface area contributed by atoms with Gasteiger partial charge in [-0.05, 0) is 26.0 Å². The quantitative estimate of drug-likeness (QED) is 0.429. The van der Waals surface area contributed by atoms with Crippen LogP contribution in [-0.4, -0.2) is 25.8 Å². The van der Waals surface area contributed by atoms with Crippen molar-refractivity contribution < 1.29 is 14.2 Å². The molecule has 0 rings (SSSR count). The van der Waals surface area contributed by atoms with E-state index >= 15 is 0 Å². The van der Waals surface area contributed by atoms with Gasteiger partial charge in [0.25, 0.3) is 0 Å². The highest BCUT2D eigenvalue weighted by molar-refractivity contribution is 4.77. The predicted octanol–water partition coefficient (Wildman–Crippen LogP) is 2.10. The van der Waals surface area contributed by atoms with Crippen LogP contribution in [0.25, 0.3) is 0 Å². The van der Waals surface area contributed by atoms with Gasteiger partial charge in [0.1, 0.15) is 0 Å². The Bertz CT molecular complexity index is 129. The van der Waals surface area contributed by atoms with E-state index in [1.54, 1.807) is 12.2 Å². The average Bonchev–Trinajstić information content (AvgIpc) is 2.16. The lowest BCUT2D eigenvalue weighted by Crippen LogP contribution is -2.23. The van der Waals surface area contributed by atoms with Gasteiger partial charge < -0.3 is 14.2 Å². The number of ether oxygens (including phenoxy) is 3. The molecule has 0 bridgehead atoms. The van der Waals surface area contributed by atoms with Crippen molar-refractivity contribution in [3.63, 3.8) is 0 Å². The summed E-state index contributed by atoms with van der Waals surface area (Å²) in [6, 6.07) is 0. The Labute approximate surface area is 80.0 Å². The summed E-state index contributed by atoms with van der Waals surface area (Å²) in [5.74, 6) is 0. The van der Waals surface area contributed by atoms with Crippen LogP contribution in [0.15, 0.2) is 25.3 Å². The van der Waals surface area contributed by atoms with Gasteiger partial charge in [-0.2, -0.15) is 0 Å². The summed E-state index contributed by atoms with van der Waals surface area (Å²) < 4.78 is 15.8. The fourth-order valence-corrected chi connectivity index (χ4v) is 0.786. The van der Waals surface area contributed by atoms with Crippen LogP contribution in [0.4, 0.5) is 0 Å². The molecule has 0 aliphatic heterocycles. The second-order valence-corrected chi connectivity index (χ2v) is 2.25. The normalized spacial score (nSPS) is 14.9. The summed E-state index contributed by atoms with van der Waals surface area (Å²) >= 11 is 0. The SMILES string of the molecule is C=CC(OCC)OC(C=C)OCC. The zero-order chi connectivity index (χ0) is 10.1. The van der Waals surface area contributed by atoms with E-state index in [0.717, 1.165) is 0 Å². The molecule has 0 radical (unpaired) electrons. The maximum Gasteiger partial charge on any atom is 0.179 e. The fourth-order valence-electron chi connectivity index (χ4n) is 0.786. The first-order chi connectivity index (χ1) is 6.28. The van der Waals surface area contributed by atoms with Gasteiger partial charge in [0.05, 0.1) is 0 Å². The maximum atomic E-state index is 5.35. The van der Waals surface area contributed by atoms with E-state index in [-0.39, 0.29) is 0 Å². The number of hydrogen-bond donors (Lipinski definition) is 0. The first kappa shape index (κ1) is 12.4. The van der Waals surface area contributed by atoms with E-state index < -0.39 is 12.6 Å². The van der Waals surface area contributed by atoms with Crippen LogP contribution < -0.4 is 0 Å². The minimum absolute atomic E-state index is 0.431. The summed E-state index contributed by atoms with van der Waals surface area (Å²) in [5.41, 5.74) is 0. The topological polar surface area (TPSA) is 27.7 Å². The molecule has 13 heavy (non-hydrogen) atoms. The minimum atomic E-state index is -0.431. The molecule has 0 N–H and O–H groups in total. The molecule has 0 aliphatic carbocycles. The molecule has 0 spiro atoms. The minimum Gasteiger partial charge on any atom is -0.349 e. The lowest BCUT2D eigenvalue weighted by molar-refractivity contribution is -0.204. The maximum absolute atomic E-state index is 5.35. The highest BCUT2D eigenvalue weighted by Gasteiger charge is 2.10. The monoisotopic (exact) mass is 186 g/mol. The lowest BCUT2D eigenvalue weighted by atomic mass is 10.5. The van der Waals surface area contributed by atoms with E-state index in [9.17, 15) is 0 Å². The van der Waals surface area contributed by atoms with E-state index in [4.69, 9.17) is 14.2 Å². The van der Waals surface area contributed by atoms with E-state index in [1.165, 1.54) is 0 Å². The van der Waals surface area contributed by atoms with Crippen molar-refractivity contribution in [3.05, 3.63) is 25.3 Å². The van der Waals surface area contributed by atoms with Crippen molar-refractivity contribution in [1.29, 1.82) is 0 Å². The number of hydrogen-bond acceptors (Lipinski definition) is 3. The molecule has 2 atom stereocenters. The van der Waals surface area contributed by atoms with Crippen molar-refractivity contribution in [2.45, 2.75) is 26.4 Å². The van der Waals surface area contributed by atoms with Crippen LogP contribution in [0.3, 0.4) is 0 Å². The van der Waals surface area contributed by atoms with Gasteiger partial charge in [-0.1, -0.05) is 13.2 Å². The van der Waals surface area contributed by atoms with Crippen LogP contribution in [-0.2, 0) is 14.2 Å². The molecule has 0 amide bonds. The van der Waals surface area contributed by atoms with Gasteiger partial charge in [0, 0.05) is 13.2 Å². The van der Waals surface area contributed by atoms with Crippen molar-refractivity contribution in [2.24, 2.45) is 0 Å². The molecule has 0 aliphatic rings. The van der Waals surface area contributed by atoms with Crippen molar-refractivity contribution in [2.75, 3.05) is 13.2 Å². The van der Waals surface area contributed by atoms with Crippen LogP contribution >= 0.6 is 0 Å². The molecule has 0 heterocycles. The summed E-state index contributed by atoms with van der Waals surface area (Å²) in [4.78, 5) is 0. The van der Waals surface area contributed by atoms with Gasteiger partial charge in [0.15, 0.2) is 12.6 Å². The molecule has 0 fully saturated rings. The zero-order valence-corrected chi connectivity index (χ0v) is 8.36. The Balaban J connectivity index is 3.86. The molecular weight excluding hydrogens is 168 g/mol. The largest absolute Gasteiger partial charge is 0.349 e. The van der Waals surface area contributed by atoms with Crippen LogP contribution in [0.5, 0.6) is 0 Å². The van der Waals surface area contributed by atoms with Crippen molar-refractivity contribution in [3.8, 4) is 0 Å². The molecule has 0 aromatic carbocycles. The van der Waals surface area contributed by atoms with E-state index in [2.05, 4.69) is 13.2 Å². The van der Waals surface area contributed by atoms with Gasteiger partial charge in [-0.3, -0.25) is 0 Å². The molecule has 76 valence electrons. The van der Waals surface area contributed by atoms with Gasteiger partial charge in [0.2, 0.25) is 0 Å². The smallest absolute Gasteiger partial charge is 0.179 e. The van der Waals surface area contributed by atoms with Crippen LogP contribution in [0, 0.1) is 0 Å². The molecule has 0 saturated carbocycles. The second-order valence-electron chi connectivity index (χ2n) is 2.25. The Hall–Kier alpha value is -0.640. The van der Waals surface area contributed by atoms with Crippen molar-refractivity contribution in [1.82, 2.24) is 0 Å². The molecule has 0 saturated heterocycles. The van der Waals surface area contributed by atoms with Gasteiger partial charge >= 0.3 is 0 Å². The Morgan fingerprint density at radius 3 is 1.62 bits per heavy atom. The highest BCUT2D eigenvalue weighted by atomic mass is 16.8. The average molecular weight is 186 g/mol. The molecule has 3 heteroatoms. The molecular formula is C10H18O3. The highest BCUT2D eigenvalue weighted by Crippen LogP contribution is 2.04. The van der Waals surface area contributed by atoms with Gasteiger partial charge in [-0.25, -0.2) is 0 Å². The summed E-state index contributed by atoms with van der Waals surface area (Å²) in [6.45, 7) is 12.1. The van der Waals surface area contributed by atoms with E-state index in [0.29, 0.717) is 13.2 Å². The standard InChI is InChI=1S/C10H18O3/c1-5-9(11-7-3)13-10(6-2)12-8-4/h5-6,9-10H,1-2,7-8H2,3-4H3. The van der Waals surface area contributed by atoms with Gasteiger partial charge in [-0.15, -0.1) is 0 Å². The third kappa shape index (κ3) is 5.58. The Morgan fingerprint density at radius 2 is 1.38 bits per heavy atom. The van der Waals surface area contributed by atoms with Crippen molar-refractivity contribution >= 4 is 0 Å². The summed E-state index contributed by atoms with van der Waals surface area (Å²) in [5, 5.41) is 0. The molecule has 0 aromatic heterocycles. The lowest BCUT2D eigenvalue weighted by Gasteiger charge is -2.19. The number of rotatable bonds is 8. The first-order valence-corrected chi connectivity index (χ1v) is 4.42. The van der Waals surface area contributed by atoms with Crippen LogP contribution in [0.2, 0.25) is 0 Å². The Morgan fingerprint density at radius 1 is 1.00 bits per heavy atom. The fraction of sp³-hybridized carbons (Fsp3) is 0.600. The second kappa shape index (κ2) is 7.98. The van der Waals surface area contributed by atoms with E-state index in [1.807, 2.05) is 13.8 Å². The first-order valence-electron chi connectivity index (χ1n) is 4.42. The van der Waals surface area contributed by atoms with Crippen LogP contribution in [0.1, 0.15) is 13.8 Å². The zero-order valence-electron chi connectivity index (χ0n) is 8.36. The predicted molar refractivity (Wildman–Crippen MR) is 52.3 cm³/mol. The molecule has 2 unspecified atom stereocenters. The molecule has 0 aromatic rings. The molecule has 3 nitrogen and oxygen atoms in total.